The number of methoxy groups -OCH3 is 2. The highest BCUT2D eigenvalue weighted by atomic mass is 16.5. The molecular weight excluding hydrogens is 382 g/mol. The van der Waals surface area contributed by atoms with E-state index in [1.54, 1.807) is 37.4 Å². The summed E-state index contributed by atoms with van der Waals surface area (Å²) in [5, 5.41) is 11.1. The molecule has 2 aromatic carbocycles. The Bertz CT molecular complexity index is 978. The predicted molar refractivity (Wildman–Crippen MR) is 115 cm³/mol. The maximum Gasteiger partial charge on any atom is 0.295 e. The largest absolute Gasteiger partial charge is 0.507 e. The average Bonchev–Trinajstić information content (AvgIpc) is 3.01. The van der Waals surface area contributed by atoms with Gasteiger partial charge in [-0.2, -0.15) is 0 Å². The highest BCUT2D eigenvalue weighted by Crippen LogP contribution is 2.43. The summed E-state index contributed by atoms with van der Waals surface area (Å²) in [5.74, 6) is -0.403. The first-order valence-electron chi connectivity index (χ1n) is 10.00. The number of ketones is 1. The van der Waals surface area contributed by atoms with Crippen molar-refractivity contribution in [2.45, 2.75) is 32.7 Å². The number of aryl methyl sites for hydroxylation is 1. The summed E-state index contributed by atoms with van der Waals surface area (Å²) in [4.78, 5) is 27.4. The molecular formula is C24H27NO5. The van der Waals surface area contributed by atoms with E-state index < -0.39 is 17.7 Å². The molecule has 0 spiro atoms. The van der Waals surface area contributed by atoms with Crippen LogP contribution in [-0.2, 0) is 9.59 Å². The van der Waals surface area contributed by atoms with Crippen LogP contribution < -0.4 is 9.47 Å². The van der Waals surface area contributed by atoms with Crippen molar-refractivity contribution in [1.82, 2.24) is 4.90 Å². The van der Waals surface area contributed by atoms with Crippen molar-refractivity contribution >= 4 is 17.4 Å². The van der Waals surface area contributed by atoms with Crippen LogP contribution >= 0.6 is 0 Å². The van der Waals surface area contributed by atoms with Crippen molar-refractivity contribution in [3.8, 4) is 11.5 Å². The molecule has 6 nitrogen and oxygen atoms in total. The number of amides is 1. The smallest absolute Gasteiger partial charge is 0.295 e. The van der Waals surface area contributed by atoms with Gasteiger partial charge in [-0.05, 0) is 25.5 Å². The number of nitrogens with zero attached hydrogens (tertiary/aromatic N) is 1. The van der Waals surface area contributed by atoms with E-state index in [9.17, 15) is 14.7 Å². The average molecular weight is 409 g/mol. The van der Waals surface area contributed by atoms with Crippen LogP contribution in [0.15, 0.2) is 48.0 Å². The maximum atomic E-state index is 13.0. The van der Waals surface area contributed by atoms with Crippen molar-refractivity contribution in [1.29, 1.82) is 0 Å². The van der Waals surface area contributed by atoms with Crippen LogP contribution in [0.4, 0.5) is 0 Å². The Balaban J connectivity index is 2.21. The van der Waals surface area contributed by atoms with Gasteiger partial charge in [0.2, 0.25) is 0 Å². The van der Waals surface area contributed by atoms with Crippen molar-refractivity contribution in [3.05, 3.63) is 64.7 Å². The minimum absolute atomic E-state index is 0.0726. The van der Waals surface area contributed by atoms with Gasteiger partial charge in [0.15, 0.2) is 0 Å². The normalized spacial score (nSPS) is 18.0. The lowest BCUT2D eigenvalue weighted by atomic mass is 9.94. The highest BCUT2D eigenvalue weighted by Gasteiger charge is 2.46. The number of aliphatic hydroxyl groups excluding tert-OH is 1. The van der Waals surface area contributed by atoms with Crippen LogP contribution in [0.25, 0.3) is 5.76 Å². The van der Waals surface area contributed by atoms with Crippen LogP contribution in [-0.4, -0.2) is 42.5 Å². The minimum Gasteiger partial charge on any atom is -0.507 e. The Morgan fingerprint density at radius 2 is 1.77 bits per heavy atom. The van der Waals surface area contributed by atoms with E-state index in [1.165, 1.54) is 12.0 Å². The lowest BCUT2D eigenvalue weighted by molar-refractivity contribution is -0.139. The number of hydrogen-bond acceptors (Lipinski definition) is 5. The number of ether oxygens (including phenoxy) is 2. The van der Waals surface area contributed by atoms with Gasteiger partial charge in [-0.3, -0.25) is 9.59 Å². The van der Waals surface area contributed by atoms with Gasteiger partial charge in [0, 0.05) is 23.7 Å². The fraction of sp³-hybridized carbons (Fsp3) is 0.333. The van der Waals surface area contributed by atoms with Crippen LogP contribution in [0, 0.1) is 6.92 Å². The number of aliphatic hydroxyl groups is 1. The number of rotatable bonds is 7. The molecule has 1 aliphatic rings. The van der Waals surface area contributed by atoms with Gasteiger partial charge in [0.25, 0.3) is 11.7 Å². The first kappa shape index (κ1) is 21.4. The van der Waals surface area contributed by atoms with Crippen LogP contribution in [0.5, 0.6) is 11.5 Å². The third kappa shape index (κ3) is 3.90. The Labute approximate surface area is 176 Å². The maximum absolute atomic E-state index is 13.0. The molecule has 158 valence electrons. The molecule has 0 bridgehead atoms. The lowest BCUT2D eigenvalue weighted by Crippen LogP contribution is -2.30. The quantitative estimate of drug-likeness (QED) is 0.421. The number of benzene rings is 2. The fourth-order valence-electron chi connectivity index (χ4n) is 3.67. The Morgan fingerprint density at radius 1 is 1.07 bits per heavy atom. The second-order valence-electron chi connectivity index (χ2n) is 7.32. The van der Waals surface area contributed by atoms with Gasteiger partial charge in [0.1, 0.15) is 17.3 Å². The molecule has 1 atom stereocenters. The number of unbranched alkanes of at least 4 members (excludes halogenated alkanes) is 1. The SMILES string of the molecule is CCCCN1C(=O)C(=O)C(=C(O)c2ccc(C)cc2)[C@H]1c1ccc(OC)cc1OC. The topological polar surface area (TPSA) is 76.1 Å². The zero-order valence-corrected chi connectivity index (χ0v) is 17.8. The summed E-state index contributed by atoms with van der Waals surface area (Å²) < 4.78 is 10.8. The lowest BCUT2D eigenvalue weighted by Gasteiger charge is -2.26. The van der Waals surface area contributed by atoms with E-state index in [0.717, 1.165) is 18.4 Å². The van der Waals surface area contributed by atoms with Gasteiger partial charge < -0.3 is 19.5 Å². The summed E-state index contributed by atoms with van der Waals surface area (Å²) in [5.41, 5.74) is 2.22. The summed E-state index contributed by atoms with van der Waals surface area (Å²) in [6, 6.07) is 11.7. The van der Waals surface area contributed by atoms with Gasteiger partial charge in [0.05, 0.1) is 25.8 Å². The van der Waals surface area contributed by atoms with E-state index in [2.05, 4.69) is 0 Å². The Morgan fingerprint density at radius 3 is 2.37 bits per heavy atom. The van der Waals surface area contributed by atoms with Gasteiger partial charge in [-0.1, -0.05) is 43.2 Å². The first-order valence-corrected chi connectivity index (χ1v) is 10.00. The fourth-order valence-corrected chi connectivity index (χ4v) is 3.67. The van der Waals surface area contributed by atoms with Gasteiger partial charge in [-0.15, -0.1) is 0 Å². The van der Waals surface area contributed by atoms with E-state index in [4.69, 9.17) is 9.47 Å². The Hall–Kier alpha value is -3.28. The molecule has 1 N–H and O–H groups in total. The van der Waals surface area contributed by atoms with Crippen LogP contribution in [0.2, 0.25) is 0 Å². The number of carbonyl (C=O) groups is 2. The zero-order valence-electron chi connectivity index (χ0n) is 17.8. The molecule has 30 heavy (non-hydrogen) atoms. The molecule has 0 radical (unpaired) electrons. The van der Waals surface area contributed by atoms with Crippen LogP contribution in [0.3, 0.4) is 0 Å². The third-order valence-electron chi connectivity index (χ3n) is 5.35. The number of hydrogen-bond donors (Lipinski definition) is 1. The summed E-state index contributed by atoms with van der Waals surface area (Å²) in [6.07, 6.45) is 1.61. The zero-order chi connectivity index (χ0) is 21.8. The highest BCUT2D eigenvalue weighted by molar-refractivity contribution is 6.46. The molecule has 0 unspecified atom stereocenters. The van der Waals surface area contributed by atoms with Crippen molar-refractivity contribution in [2.24, 2.45) is 0 Å². The molecule has 1 saturated heterocycles. The van der Waals surface area contributed by atoms with E-state index in [0.29, 0.717) is 29.2 Å². The molecule has 6 heteroatoms. The van der Waals surface area contributed by atoms with Gasteiger partial charge in [-0.25, -0.2) is 0 Å². The number of carbonyl (C=O) groups excluding carboxylic acids is 2. The predicted octanol–water partition coefficient (Wildman–Crippen LogP) is 4.23. The monoisotopic (exact) mass is 409 g/mol. The molecule has 1 heterocycles. The standard InChI is InChI=1S/C24H27NO5/c1-5-6-13-25-21(18-12-11-17(29-3)14-19(18)30-4)20(23(27)24(25)28)22(26)16-9-7-15(2)8-10-16/h7-12,14,21,26H,5-6,13H2,1-4H3/t21-/m1/s1. The van der Waals surface area contributed by atoms with Crippen molar-refractivity contribution in [2.75, 3.05) is 20.8 Å². The van der Waals surface area contributed by atoms with Crippen LogP contribution in [0.1, 0.15) is 42.5 Å². The molecule has 1 amide bonds. The summed E-state index contributed by atoms with van der Waals surface area (Å²) in [6.45, 7) is 4.37. The number of likely N-dealkylation sites (tertiary alicyclic amines) is 1. The van der Waals surface area contributed by atoms with E-state index >= 15 is 0 Å². The second kappa shape index (κ2) is 9.03. The minimum atomic E-state index is -0.737. The van der Waals surface area contributed by atoms with Crippen molar-refractivity contribution in [3.63, 3.8) is 0 Å². The van der Waals surface area contributed by atoms with E-state index in [1.807, 2.05) is 26.0 Å². The van der Waals surface area contributed by atoms with Crippen molar-refractivity contribution < 1.29 is 24.2 Å². The Kier molecular flexibility index (Phi) is 6.45. The number of Topliss-reactive ketones (excluding diaryl/α,β-unsaturated/α-hetero) is 1. The second-order valence-corrected chi connectivity index (χ2v) is 7.32. The molecule has 0 aromatic heterocycles. The molecule has 1 fully saturated rings. The van der Waals surface area contributed by atoms with E-state index in [-0.39, 0.29) is 11.3 Å². The summed E-state index contributed by atoms with van der Waals surface area (Å²) >= 11 is 0. The first-order chi connectivity index (χ1) is 14.4. The molecule has 0 saturated carbocycles. The summed E-state index contributed by atoms with van der Waals surface area (Å²) in [7, 11) is 3.08. The molecule has 0 aliphatic carbocycles. The molecule has 1 aliphatic heterocycles. The van der Waals surface area contributed by atoms with Gasteiger partial charge >= 0.3 is 0 Å². The third-order valence-corrected chi connectivity index (χ3v) is 5.35. The molecule has 2 aromatic rings. The molecule has 3 rings (SSSR count).